The predicted molar refractivity (Wildman–Crippen MR) is 100 cm³/mol. The minimum absolute atomic E-state index is 0.140. The van der Waals surface area contributed by atoms with Crippen LogP contribution in [0.25, 0.3) is 5.57 Å². The second-order valence-corrected chi connectivity index (χ2v) is 7.77. The first-order valence-corrected chi connectivity index (χ1v) is 11.9. The van der Waals surface area contributed by atoms with E-state index in [1.54, 1.807) is 0 Å². The second-order valence-electron chi connectivity index (χ2n) is 5.19. The van der Waals surface area contributed by atoms with Crippen molar-refractivity contribution < 1.29 is 22.1 Å². The van der Waals surface area contributed by atoms with Crippen LogP contribution in [0.4, 0.5) is 0 Å². The molecule has 1 aliphatic carbocycles. The van der Waals surface area contributed by atoms with Crippen molar-refractivity contribution >= 4 is 24.2 Å². The molecule has 0 heterocycles. The third-order valence-electron chi connectivity index (χ3n) is 3.72. The van der Waals surface area contributed by atoms with Crippen molar-refractivity contribution in [2.75, 3.05) is 0 Å². The maximum atomic E-state index is 8.54. The fourth-order valence-corrected chi connectivity index (χ4v) is 2.28. The fourth-order valence-electron chi connectivity index (χ4n) is 2.28. The first-order chi connectivity index (χ1) is 11.6. The van der Waals surface area contributed by atoms with Crippen LogP contribution in [0.15, 0.2) is 71.8 Å². The SMILES string of the molecule is CC1=CCC(c2[c-]cccc2)=C1C.OCc1ccccc1.[Cl][Ti][Cl]. The molecule has 2 aromatic rings. The van der Waals surface area contributed by atoms with Gasteiger partial charge in [0.2, 0.25) is 0 Å². The van der Waals surface area contributed by atoms with E-state index in [4.69, 9.17) is 23.7 Å². The molecule has 1 nitrogen and oxygen atoms in total. The molecule has 0 aromatic heterocycles. The van der Waals surface area contributed by atoms with Crippen LogP contribution in [-0.4, -0.2) is 5.11 Å². The summed E-state index contributed by atoms with van der Waals surface area (Å²) in [5.74, 6) is 0. The summed E-state index contributed by atoms with van der Waals surface area (Å²) in [6, 6.07) is 21.0. The van der Waals surface area contributed by atoms with Crippen LogP contribution in [0.1, 0.15) is 31.4 Å². The predicted octanol–water partition coefficient (Wildman–Crippen LogP) is 6.17. The summed E-state index contributed by atoms with van der Waals surface area (Å²) >= 11 is -0.556. The topological polar surface area (TPSA) is 20.2 Å². The second kappa shape index (κ2) is 12.5. The minimum atomic E-state index is -0.556. The Balaban J connectivity index is 0.000000224. The van der Waals surface area contributed by atoms with Crippen LogP contribution in [0.5, 0.6) is 0 Å². The molecule has 1 N–H and O–H groups in total. The van der Waals surface area contributed by atoms with Gasteiger partial charge in [-0.2, -0.15) is 0 Å². The van der Waals surface area contributed by atoms with Crippen molar-refractivity contribution in [1.29, 1.82) is 0 Å². The summed E-state index contributed by atoms with van der Waals surface area (Å²) in [5.41, 5.74) is 6.47. The molecule has 1 aliphatic rings. The average Bonchev–Trinajstić information content (AvgIpc) is 2.97. The van der Waals surface area contributed by atoms with Crippen LogP contribution in [0.2, 0.25) is 0 Å². The number of halogens is 2. The van der Waals surface area contributed by atoms with Crippen LogP contribution < -0.4 is 0 Å². The quantitative estimate of drug-likeness (QED) is 0.476. The third kappa shape index (κ3) is 7.38. The Morgan fingerprint density at radius 1 is 1.04 bits per heavy atom. The van der Waals surface area contributed by atoms with Gasteiger partial charge in [0.25, 0.3) is 0 Å². The van der Waals surface area contributed by atoms with Crippen molar-refractivity contribution in [2.45, 2.75) is 26.9 Å². The first-order valence-electron chi connectivity index (χ1n) is 7.59. The van der Waals surface area contributed by atoms with Crippen molar-refractivity contribution in [3.63, 3.8) is 0 Å². The maximum absolute atomic E-state index is 8.54. The van der Waals surface area contributed by atoms with E-state index >= 15 is 0 Å². The Morgan fingerprint density at radius 2 is 1.67 bits per heavy atom. The van der Waals surface area contributed by atoms with Crippen molar-refractivity contribution in [2.24, 2.45) is 0 Å². The van der Waals surface area contributed by atoms with E-state index in [2.05, 4.69) is 38.1 Å². The Labute approximate surface area is 161 Å². The molecule has 24 heavy (non-hydrogen) atoms. The molecule has 0 amide bonds. The molecule has 126 valence electrons. The molecule has 0 bridgehead atoms. The zero-order valence-corrected chi connectivity index (χ0v) is 17.0. The van der Waals surface area contributed by atoms with Crippen LogP contribution in [0, 0.1) is 6.07 Å². The zero-order chi connectivity index (χ0) is 17.8. The van der Waals surface area contributed by atoms with Gasteiger partial charge in [-0.05, 0) is 25.8 Å². The van der Waals surface area contributed by atoms with Crippen LogP contribution in [0.3, 0.4) is 0 Å². The molecule has 0 saturated heterocycles. The van der Waals surface area contributed by atoms with Crippen LogP contribution in [-0.2, 0) is 23.6 Å². The van der Waals surface area contributed by atoms with Gasteiger partial charge in [-0.15, -0.1) is 41.5 Å². The number of rotatable bonds is 2. The van der Waals surface area contributed by atoms with Gasteiger partial charge in [-0.1, -0.05) is 47.6 Å². The van der Waals surface area contributed by atoms with Gasteiger partial charge in [-0.25, -0.2) is 0 Å². The van der Waals surface area contributed by atoms with E-state index < -0.39 is 17.0 Å². The molecular formula is C20H21Cl2OTi-. The molecule has 0 atom stereocenters. The van der Waals surface area contributed by atoms with Crippen LogP contribution >= 0.6 is 18.6 Å². The number of benzene rings is 2. The summed E-state index contributed by atoms with van der Waals surface area (Å²) in [7, 11) is 9.78. The first kappa shape index (κ1) is 21.2. The Hall–Kier alpha value is -0.826. The molecule has 2 aromatic carbocycles. The summed E-state index contributed by atoms with van der Waals surface area (Å²) in [5, 5.41) is 8.54. The monoisotopic (exact) mass is 395 g/mol. The van der Waals surface area contributed by atoms with E-state index in [1.807, 2.05) is 42.5 Å². The number of aliphatic hydroxyl groups is 1. The molecular weight excluding hydrogens is 375 g/mol. The molecule has 0 aliphatic heterocycles. The molecule has 0 radical (unpaired) electrons. The number of allylic oxidation sites excluding steroid dienone is 4. The van der Waals surface area contributed by atoms with E-state index in [9.17, 15) is 0 Å². The third-order valence-corrected chi connectivity index (χ3v) is 3.72. The van der Waals surface area contributed by atoms with Gasteiger partial charge in [0.1, 0.15) is 0 Å². The summed E-state index contributed by atoms with van der Waals surface area (Å²) in [4.78, 5) is 0. The van der Waals surface area contributed by atoms with Crippen molar-refractivity contribution in [3.05, 3.63) is 89.0 Å². The van der Waals surface area contributed by atoms with Gasteiger partial charge in [0.05, 0.1) is 6.61 Å². The normalized spacial score (nSPS) is 12.5. The van der Waals surface area contributed by atoms with Gasteiger partial charge in [-0.3, -0.25) is 0 Å². The molecule has 3 rings (SSSR count). The van der Waals surface area contributed by atoms with Gasteiger partial charge >= 0.3 is 35.6 Å². The summed E-state index contributed by atoms with van der Waals surface area (Å²) in [6.45, 7) is 4.50. The molecule has 0 spiro atoms. The Bertz CT molecular complexity index is 652. The van der Waals surface area contributed by atoms with E-state index in [1.165, 1.54) is 22.3 Å². The zero-order valence-electron chi connectivity index (χ0n) is 13.9. The summed E-state index contributed by atoms with van der Waals surface area (Å²) < 4.78 is 0. The van der Waals surface area contributed by atoms with E-state index in [0.29, 0.717) is 0 Å². The number of hydrogen-bond acceptors (Lipinski definition) is 1. The Morgan fingerprint density at radius 3 is 2.08 bits per heavy atom. The fraction of sp³-hybridized carbons (Fsp3) is 0.200. The standard InChI is InChI=1S/C13H13.C7H8O.2ClH.Ti/c1-10-8-9-13(11(10)2)12-6-4-3-5-7-12;8-6-7-4-2-1-3-5-7;;;/h3-6,8H,9H2,1-2H3;1-5,8H,6H2;2*1H;/q-1;;;;+2/p-2. The van der Waals surface area contributed by atoms with Gasteiger partial charge < -0.3 is 5.11 Å². The molecule has 4 heteroatoms. The van der Waals surface area contributed by atoms with Gasteiger partial charge in [0, 0.05) is 0 Å². The van der Waals surface area contributed by atoms with Crippen molar-refractivity contribution in [3.8, 4) is 0 Å². The summed E-state index contributed by atoms with van der Waals surface area (Å²) in [6.07, 6.45) is 3.35. The molecule has 0 fully saturated rings. The van der Waals surface area contributed by atoms with E-state index in [-0.39, 0.29) is 6.61 Å². The number of hydrogen-bond donors (Lipinski definition) is 1. The van der Waals surface area contributed by atoms with E-state index in [0.717, 1.165) is 12.0 Å². The Kier molecular flexibility index (Phi) is 11.1. The molecule has 0 unspecified atom stereocenters. The molecule has 0 saturated carbocycles. The van der Waals surface area contributed by atoms with Crippen molar-refractivity contribution in [1.82, 2.24) is 0 Å². The van der Waals surface area contributed by atoms with Gasteiger partial charge in [0.15, 0.2) is 0 Å². The number of aliphatic hydroxyl groups excluding tert-OH is 1. The average molecular weight is 396 g/mol.